The number of hydrogen-bond donors (Lipinski definition) is 1. The average molecular weight is 302 g/mol. The maximum atomic E-state index is 12.1. The van der Waals surface area contributed by atoms with Crippen molar-refractivity contribution in [3.05, 3.63) is 29.8 Å². The van der Waals surface area contributed by atoms with Crippen molar-refractivity contribution in [2.45, 2.75) is 19.4 Å². The van der Waals surface area contributed by atoms with Gasteiger partial charge in [0.1, 0.15) is 0 Å². The number of likely N-dealkylation sites (N-methyl/N-ethyl adjacent to an activating group) is 1. The number of amides is 2. The molecule has 1 aromatic rings. The third-order valence-electron chi connectivity index (χ3n) is 4.66. The molecule has 0 aliphatic carbocycles. The molecule has 3 rings (SSSR count). The van der Waals surface area contributed by atoms with E-state index in [0.29, 0.717) is 6.54 Å². The summed E-state index contributed by atoms with van der Waals surface area (Å²) in [5.41, 5.74) is 2.47. The summed E-state index contributed by atoms with van der Waals surface area (Å²) >= 11 is 0. The first kappa shape index (κ1) is 15.2. The fourth-order valence-electron chi connectivity index (χ4n) is 3.22. The van der Waals surface area contributed by atoms with Gasteiger partial charge in [-0.15, -0.1) is 0 Å². The molecule has 2 aliphatic rings. The molecule has 2 saturated heterocycles. The number of urea groups is 1. The molecule has 120 valence electrons. The number of rotatable bonds is 3. The number of piperazine rings is 1. The van der Waals surface area contributed by atoms with E-state index in [9.17, 15) is 4.79 Å². The fourth-order valence-corrected chi connectivity index (χ4v) is 3.22. The molecule has 2 fully saturated rings. The van der Waals surface area contributed by atoms with Crippen LogP contribution in [0.2, 0.25) is 0 Å². The maximum absolute atomic E-state index is 12.1. The molecule has 0 radical (unpaired) electrons. The molecule has 2 amide bonds. The molecular weight excluding hydrogens is 276 g/mol. The monoisotopic (exact) mass is 302 g/mol. The minimum atomic E-state index is 0.0747. The van der Waals surface area contributed by atoms with Crippen molar-refractivity contribution in [3.63, 3.8) is 0 Å². The predicted octanol–water partition coefficient (Wildman–Crippen LogP) is 1.74. The zero-order valence-corrected chi connectivity index (χ0v) is 13.4. The van der Waals surface area contributed by atoms with Crippen molar-refractivity contribution in [3.8, 4) is 0 Å². The Morgan fingerprint density at radius 3 is 2.45 bits per heavy atom. The van der Waals surface area contributed by atoms with E-state index in [2.05, 4.69) is 46.4 Å². The Morgan fingerprint density at radius 2 is 1.73 bits per heavy atom. The summed E-state index contributed by atoms with van der Waals surface area (Å²) in [6, 6.07) is 8.50. The third kappa shape index (κ3) is 3.53. The molecule has 0 bridgehead atoms. The number of carbonyl (C=O) groups is 1. The highest BCUT2D eigenvalue weighted by Gasteiger charge is 2.19. The Morgan fingerprint density at radius 1 is 1.05 bits per heavy atom. The van der Waals surface area contributed by atoms with Gasteiger partial charge in [0.15, 0.2) is 0 Å². The second kappa shape index (κ2) is 7.01. The van der Waals surface area contributed by atoms with Crippen molar-refractivity contribution < 1.29 is 4.79 Å². The minimum absolute atomic E-state index is 0.0747. The van der Waals surface area contributed by atoms with E-state index in [0.717, 1.165) is 52.1 Å². The molecule has 22 heavy (non-hydrogen) atoms. The van der Waals surface area contributed by atoms with Crippen LogP contribution in [-0.2, 0) is 6.54 Å². The van der Waals surface area contributed by atoms with Gasteiger partial charge in [0.25, 0.3) is 0 Å². The van der Waals surface area contributed by atoms with Gasteiger partial charge in [0.05, 0.1) is 0 Å². The smallest absolute Gasteiger partial charge is 0.317 e. The molecule has 0 saturated carbocycles. The van der Waals surface area contributed by atoms with E-state index in [1.165, 1.54) is 11.3 Å². The number of hydrogen-bond acceptors (Lipinski definition) is 3. The van der Waals surface area contributed by atoms with Crippen LogP contribution >= 0.6 is 0 Å². The Labute approximate surface area is 132 Å². The summed E-state index contributed by atoms with van der Waals surface area (Å²) in [5, 5.41) is 3.08. The van der Waals surface area contributed by atoms with E-state index in [1.54, 1.807) is 0 Å². The zero-order valence-electron chi connectivity index (χ0n) is 13.4. The molecule has 5 heteroatoms. The van der Waals surface area contributed by atoms with Gasteiger partial charge >= 0.3 is 6.03 Å². The SMILES string of the molecule is CN1CCN(c2ccccc2CNC(=O)N2CCCC2)CC1. The third-order valence-corrected chi connectivity index (χ3v) is 4.66. The van der Waals surface area contributed by atoms with Gasteiger partial charge < -0.3 is 20.0 Å². The predicted molar refractivity (Wildman–Crippen MR) is 89.2 cm³/mol. The van der Waals surface area contributed by atoms with Crippen LogP contribution in [0.15, 0.2) is 24.3 Å². The minimum Gasteiger partial charge on any atom is -0.369 e. The van der Waals surface area contributed by atoms with Crippen LogP contribution < -0.4 is 10.2 Å². The Kier molecular flexibility index (Phi) is 4.83. The van der Waals surface area contributed by atoms with E-state index >= 15 is 0 Å². The number of nitrogens with zero attached hydrogens (tertiary/aromatic N) is 3. The lowest BCUT2D eigenvalue weighted by molar-refractivity contribution is 0.208. The summed E-state index contributed by atoms with van der Waals surface area (Å²) in [5.74, 6) is 0. The second-order valence-electron chi connectivity index (χ2n) is 6.27. The normalized spacial score (nSPS) is 19.5. The molecule has 5 nitrogen and oxygen atoms in total. The molecular formula is C17H26N4O. The van der Waals surface area contributed by atoms with Crippen molar-refractivity contribution in [1.29, 1.82) is 0 Å². The first-order valence-corrected chi connectivity index (χ1v) is 8.28. The van der Waals surface area contributed by atoms with Gasteiger partial charge in [-0.2, -0.15) is 0 Å². The van der Waals surface area contributed by atoms with E-state index in [-0.39, 0.29) is 6.03 Å². The van der Waals surface area contributed by atoms with Crippen LogP contribution in [0.1, 0.15) is 18.4 Å². The Hall–Kier alpha value is -1.75. The van der Waals surface area contributed by atoms with Crippen molar-refractivity contribution in [2.75, 3.05) is 51.2 Å². The first-order chi connectivity index (χ1) is 10.7. The summed E-state index contributed by atoms with van der Waals surface area (Å²) < 4.78 is 0. The van der Waals surface area contributed by atoms with Crippen LogP contribution in [0.4, 0.5) is 10.5 Å². The van der Waals surface area contributed by atoms with E-state index < -0.39 is 0 Å². The zero-order chi connectivity index (χ0) is 15.4. The van der Waals surface area contributed by atoms with Crippen LogP contribution in [-0.4, -0.2) is 62.1 Å². The lowest BCUT2D eigenvalue weighted by atomic mass is 10.1. The molecule has 0 atom stereocenters. The number of nitrogens with one attached hydrogen (secondary N) is 1. The standard InChI is InChI=1S/C17H26N4O/c1-19-10-12-20(13-11-19)16-7-3-2-6-15(16)14-18-17(22)21-8-4-5-9-21/h2-3,6-7H,4-5,8-14H2,1H3,(H,18,22). The molecule has 1 N–H and O–H groups in total. The average Bonchev–Trinajstić information content (AvgIpc) is 3.08. The van der Waals surface area contributed by atoms with E-state index in [4.69, 9.17) is 0 Å². The summed E-state index contributed by atoms with van der Waals surface area (Å²) in [7, 11) is 2.17. The summed E-state index contributed by atoms with van der Waals surface area (Å²) in [6.07, 6.45) is 2.26. The topological polar surface area (TPSA) is 38.8 Å². The van der Waals surface area contributed by atoms with Gasteiger partial charge in [-0.3, -0.25) is 0 Å². The molecule has 2 aliphatic heterocycles. The molecule has 0 unspecified atom stereocenters. The maximum Gasteiger partial charge on any atom is 0.317 e. The fraction of sp³-hybridized carbons (Fsp3) is 0.588. The van der Waals surface area contributed by atoms with Gasteiger partial charge in [-0.25, -0.2) is 4.79 Å². The van der Waals surface area contributed by atoms with Gasteiger partial charge in [-0.1, -0.05) is 18.2 Å². The highest BCUT2D eigenvalue weighted by molar-refractivity contribution is 5.74. The number of likely N-dealkylation sites (tertiary alicyclic amines) is 1. The lowest BCUT2D eigenvalue weighted by Gasteiger charge is -2.35. The van der Waals surface area contributed by atoms with Gasteiger partial charge in [0.2, 0.25) is 0 Å². The van der Waals surface area contributed by atoms with Gasteiger partial charge in [-0.05, 0) is 31.5 Å². The summed E-state index contributed by atoms with van der Waals surface area (Å²) in [4.78, 5) is 18.8. The molecule has 0 aromatic heterocycles. The largest absolute Gasteiger partial charge is 0.369 e. The Balaban J connectivity index is 1.62. The summed E-state index contributed by atoms with van der Waals surface area (Å²) in [6.45, 7) is 6.68. The highest BCUT2D eigenvalue weighted by atomic mass is 16.2. The Bertz CT molecular complexity index is 505. The first-order valence-electron chi connectivity index (χ1n) is 8.28. The molecule has 1 aromatic carbocycles. The lowest BCUT2D eigenvalue weighted by Crippen LogP contribution is -2.45. The van der Waals surface area contributed by atoms with Crippen LogP contribution in [0.3, 0.4) is 0 Å². The van der Waals surface area contributed by atoms with Crippen molar-refractivity contribution >= 4 is 11.7 Å². The quantitative estimate of drug-likeness (QED) is 0.924. The number of benzene rings is 1. The number of anilines is 1. The number of carbonyl (C=O) groups excluding carboxylic acids is 1. The van der Waals surface area contributed by atoms with Crippen molar-refractivity contribution in [2.24, 2.45) is 0 Å². The van der Waals surface area contributed by atoms with Crippen LogP contribution in [0, 0.1) is 0 Å². The van der Waals surface area contributed by atoms with Crippen molar-refractivity contribution in [1.82, 2.24) is 15.1 Å². The van der Waals surface area contributed by atoms with Crippen LogP contribution in [0.5, 0.6) is 0 Å². The second-order valence-corrected chi connectivity index (χ2v) is 6.27. The number of para-hydroxylation sites is 1. The van der Waals surface area contributed by atoms with Crippen LogP contribution in [0.25, 0.3) is 0 Å². The molecule has 2 heterocycles. The van der Waals surface area contributed by atoms with Gasteiger partial charge in [0, 0.05) is 51.5 Å². The molecule has 0 spiro atoms. The van der Waals surface area contributed by atoms with E-state index in [1.807, 2.05) is 4.90 Å². The highest BCUT2D eigenvalue weighted by Crippen LogP contribution is 2.21.